The molecule has 0 radical (unpaired) electrons. The van der Waals surface area contributed by atoms with Crippen LogP contribution < -0.4 is 5.32 Å². The van der Waals surface area contributed by atoms with Gasteiger partial charge in [0, 0.05) is 31.8 Å². The van der Waals surface area contributed by atoms with Gasteiger partial charge in [0.1, 0.15) is 0 Å². The molecule has 2 aliphatic heterocycles. The highest BCUT2D eigenvalue weighted by atomic mass is 16.5. The first-order chi connectivity index (χ1) is 8.22. The summed E-state index contributed by atoms with van der Waals surface area (Å²) in [5, 5.41) is 3.46. The largest absolute Gasteiger partial charge is 0.381 e. The second-order valence-electron chi connectivity index (χ2n) is 5.83. The number of likely N-dealkylation sites (tertiary alicyclic amines) is 1. The Bertz CT molecular complexity index is 228. The predicted molar refractivity (Wildman–Crippen MR) is 71.2 cm³/mol. The molecule has 2 heterocycles. The second-order valence-corrected chi connectivity index (χ2v) is 5.83. The normalized spacial score (nSPS) is 37.2. The fourth-order valence-corrected chi connectivity index (χ4v) is 3.37. The van der Waals surface area contributed by atoms with Crippen molar-refractivity contribution in [3.63, 3.8) is 0 Å². The molecule has 0 aromatic rings. The summed E-state index contributed by atoms with van der Waals surface area (Å²) in [7, 11) is 2.10. The summed E-state index contributed by atoms with van der Waals surface area (Å²) in [6, 6.07) is 1.42. The minimum absolute atomic E-state index is 0.705. The molecule has 0 aliphatic carbocycles. The molecule has 0 bridgehead atoms. The van der Waals surface area contributed by atoms with Crippen LogP contribution in [0, 0.1) is 11.8 Å². The highest BCUT2D eigenvalue weighted by Crippen LogP contribution is 2.26. The van der Waals surface area contributed by atoms with E-state index in [2.05, 4.69) is 31.1 Å². The topological polar surface area (TPSA) is 24.5 Å². The van der Waals surface area contributed by atoms with E-state index < -0.39 is 0 Å². The van der Waals surface area contributed by atoms with Crippen molar-refractivity contribution in [2.24, 2.45) is 11.8 Å². The van der Waals surface area contributed by atoms with E-state index in [1.165, 1.54) is 32.4 Å². The van der Waals surface area contributed by atoms with Gasteiger partial charge in [-0.05, 0) is 51.6 Å². The summed E-state index contributed by atoms with van der Waals surface area (Å²) < 4.78 is 5.44. The second kappa shape index (κ2) is 6.17. The number of hydrogen-bond donors (Lipinski definition) is 1. The zero-order valence-corrected chi connectivity index (χ0v) is 11.6. The molecule has 1 N–H and O–H groups in total. The summed E-state index contributed by atoms with van der Waals surface area (Å²) in [6.45, 7) is 9.28. The number of rotatable bonds is 3. The van der Waals surface area contributed by atoms with Gasteiger partial charge in [0.25, 0.3) is 0 Å². The minimum atomic E-state index is 0.705. The first kappa shape index (κ1) is 13.3. The van der Waals surface area contributed by atoms with Crippen molar-refractivity contribution in [3.8, 4) is 0 Å². The standard InChI is InChI=1S/C14H28N2O/c1-11-12(2)16(7-4-14(11)15-3)10-13-5-8-17-9-6-13/h11-15H,4-10H2,1-3H3. The van der Waals surface area contributed by atoms with Crippen molar-refractivity contribution in [1.82, 2.24) is 10.2 Å². The summed E-state index contributed by atoms with van der Waals surface area (Å²) in [5.74, 6) is 1.62. The molecule has 3 nitrogen and oxygen atoms in total. The Morgan fingerprint density at radius 3 is 2.53 bits per heavy atom. The van der Waals surface area contributed by atoms with Crippen molar-refractivity contribution in [2.45, 2.75) is 45.2 Å². The van der Waals surface area contributed by atoms with Gasteiger partial charge in [0.15, 0.2) is 0 Å². The summed E-state index contributed by atoms with van der Waals surface area (Å²) >= 11 is 0. The average Bonchev–Trinajstić information content (AvgIpc) is 2.37. The molecule has 2 rings (SSSR count). The molecule has 2 saturated heterocycles. The highest BCUT2D eigenvalue weighted by Gasteiger charge is 2.32. The van der Waals surface area contributed by atoms with E-state index in [0.29, 0.717) is 12.1 Å². The third-order valence-electron chi connectivity index (χ3n) is 4.90. The van der Waals surface area contributed by atoms with E-state index in [1.54, 1.807) is 0 Å². The third kappa shape index (κ3) is 3.21. The van der Waals surface area contributed by atoms with Crippen LogP contribution in [0.25, 0.3) is 0 Å². The smallest absolute Gasteiger partial charge is 0.0469 e. The Labute approximate surface area is 106 Å². The van der Waals surface area contributed by atoms with Gasteiger partial charge >= 0.3 is 0 Å². The van der Waals surface area contributed by atoms with Gasteiger partial charge in [-0.2, -0.15) is 0 Å². The molecule has 3 atom stereocenters. The molecule has 3 unspecified atom stereocenters. The van der Waals surface area contributed by atoms with Crippen molar-refractivity contribution >= 4 is 0 Å². The maximum absolute atomic E-state index is 5.44. The van der Waals surface area contributed by atoms with Crippen LogP contribution in [-0.2, 0) is 4.74 Å². The summed E-state index contributed by atoms with van der Waals surface area (Å²) in [6.07, 6.45) is 3.81. The van der Waals surface area contributed by atoms with Gasteiger partial charge in [0.05, 0.1) is 0 Å². The molecule has 17 heavy (non-hydrogen) atoms. The predicted octanol–water partition coefficient (Wildman–Crippen LogP) is 1.73. The van der Waals surface area contributed by atoms with Crippen LogP contribution in [0.5, 0.6) is 0 Å². The number of nitrogens with one attached hydrogen (secondary N) is 1. The van der Waals surface area contributed by atoms with Crippen LogP contribution in [-0.4, -0.2) is 50.3 Å². The van der Waals surface area contributed by atoms with E-state index in [0.717, 1.165) is 25.0 Å². The van der Waals surface area contributed by atoms with Gasteiger partial charge in [-0.1, -0.05) is 6.92 Å². The van der Waals surface area contributed by atoms with Crippen LogP contribution in [0.4, 0.5) is 0 Å². The lowest BCUT2D eigenvalue weighted by Gasteiger charge is -2.44. The van der Waals surface area contributed by atoms with Gasteiger partial charge in [-0.3, -0.25) is 0 Å². The zero-order valence-electron chi connectivity index (χ0n) is 11.6. The van der Waals surface area contributed by atoms with E-state index >= 15 is 0 Å². The Hall–Kier alpha value is -0.120. The fourth-order valence-electron chi connectivity index (χ4n) is 3.37. The molecule has 0 aromatic carbocycles. The SMILES string of the molecule is CNC1CCN(CC2CCOCC2)C(C)C1C. The van der Waals surface area contributed by atoms with Crippen LogP contribution in [0.1, 0.15) is 33.1 Å². The Morgan fingerprint density at radius 1 is 1.18 bits per heavy atom. The zero-order chi connectivity index (χ0) is 12.3. The van der Waals surface area contributed by atoms with Crippen molar-refractivity contribution in [1.29, 1.82) is 0 Å². The third-order valence-corrected chi connectivity index (χ3v) is 4.90. The monoisotopic (exact) mass is 240 g/mol. The maximum Gasteiger partial charge on any atom is 0.0469 e. The number of nitrogens with zero attached hydrogens (tertiary/aromatic N) is 1. The van der Waals surface area contributed by atoms with Crippen LogP contribution in [0.15, 0.2) is 0 Å². The van der Waals surface area contributed by atoms with Gasteiger partial charge in [-0.15, -0.1) is 0 Å². The first-order valence-corrected chi connectivity index (χ1v) is 7.21. The van der Waals surface area contributed by atoms with E-state index in [-0.39, 0.29) is 0 Å². The van der Waals surface area contributed by atoms with Crippen molar-refractivity contribution in [3.05, 3.63) is 0 Å². The molecule has 3 heteroatoms. The minimum Gasteiger partial charge on any atom is -0.381 e. The maximum atomic E-state index is 5.44. The first-order valence-electron chi connectivity index (χ1n) is 7.21. The number of hydrogen-bond acceptors (Lipinski definition) is 3. The molecule has 2 fully saturated rings. The van der Waals surface area contributed by atoms with Crippen molar-refractivity contribution < 1.29 is 4.74 Å². The Balaban J connectivity index is 1.84. The molecule has 0 spiro atoms. The molecule has 2 aliphatic rings. The lowest BCUT2D eigenvalue weighted by Crippen LogP contribution is -2.53. The Kier molecular flexibility index (Phi) is 4.83. The molecular formula is C14H28N2O. The highest BCUT2D eigenvalue weighted by molar-refractivity contribution is 4.88. The van der Waals surface area contributed by atoms with Crippen LogP contribution in [0.3, 0.4) is 0 Å². The van der Waals surface area contributed by atoms with E-state index in [9.17, 15) is 0 Å². The summed E-state index contributed by atoms with van der Waals surface area (Å²) in [5.41, 5.74) is 0. The lowest BCUT2D eigenvalue weighted by atomic mass is 9.86. The average molecular weight is 240 g/mol. The molecule has 0 aromatic heterocycles. The lowest BCUT2D eigenvalue weighted by molar-refractivity contribution is 0.0250. The molecule has 0 saturated carbocycles. The van der Waals surface area contributed by atoms with E-state index in [4.69, 9.17) is 4.74 Å². The van der Waals surface area contributed by atoms with Gasteiger partial charge in [0.2, 0.25) is 0 Å². The van der Waals surface area contributed by atoms with Crippen molar-refractivity contribution in [2.75, 3.05) is 33.4 Å². The van der Waals surface area contributed by atoms with E-state index in [1.807, 2.05) is 0 Å². The van der Waals surface area contributed by atoms with Crippen LogP contribution in [0.2, 0.25) is 0 Å². The number of ether oxygens (including phenoxy) is 1. The molecule has 0 amide bonds. The quantitative estimate of drug-likeness (QED) is 0.813. The van der Waals surface area contributed by atoms with Gasteiger partial charge < -0.3 is 15.0 Å². The summed E-state index contributed by atoms with van der Waals surface area (Å²) in [4.78, 5) is 2.70. The number of piperidine rings is 1. The van der Waals surface area contributed by atoms with Crippen LogP contribution >= 0.6 is 0 Å². The fraction of sp³-hybridized carbons (Fsp3) is 1.00. The molecule has 100 valence electrons. The Morgan fingerprint density at radius 2 is 1.88 bits per heavy atom. The van der Waals surface area contributed by atoms with Gasteiger partial charge in [-0.25, -0.2) is 0 Å². The molecular weight excluding hydrogens is 212 g/mol.